The lowest BCUT2D eigenvalue weighted by molar-refractivity contribution is 0.632. The second kappa shape index (κ2) is 5.14. The van der Waals surface area contributed by atoms with E-state index in [9.17, 15) is 0 Å². The van der Waals surface area contributed by atoms with Crippen molar-refractivity contribution >= 4 is 5.71 Å². The van der Waals surface area contributed by atoms with Crippen molar-refractivity contribution in [2.75, 3.05) is 0 Å². The first-order chi connectivity index (χ1) is 6.79. The summed E-state index contributed by atoms with van der Waals surface area (Å²) in [6, 6.07) is 0.463. The van der Waals surface area contributed by atoms with Gasteiger partial charge in [0, 0.05) is 11.6 Å². The van der Waals surface area contributed by atoms with Crippen molar-refractivity contribution < 1.29 is 0 Å². The van der Waals surface area contributed by atoms with Crippen molar-refractivity contribution in [3.8, 4) is 0 Å². The SMILES string of the molecule is CC.CCC1=NC2C=C(C)C=CC2C1. The molecule has 0 radical (unpaired) electrons. The predicted octanol–water partition coefficient (Wildman–Crippen LogP) is 3.77. The van der Waals surface area contributed by atoms with E-state index in [0.717, 1.165) is 6.42 Å². The van der Waals surface area contributed by atoms with Gasteiger partial charge in [0.05, 0.1) is 6.04 Å². The number of allylic oxidation sites excluding steroid dienone is 2. The zero-order chi connectivity index (χ0) is 10.6. The first kappa shape index (κ1) is 11.2. The van der Waals surface area contributed by atoms with Gasteiger partial charge in [0.1, 0.15) is 0 Å². The molecule has 0 bridgehead atoms. The first-order valence-electron chi connectivity index (χ1n) is 5.71. The van der Waals surface area contributed by atoms with Gasteiger partial charge in [-0.2, -0.15) is 0 Å². The van der Waals surface area contributed by atoms with Crippen LogP contribution in [0.5, 0.6) is 0 Å². The second-order valence-electron chi connectivity index (χ2n) is 3.68. The molecule has 2 atom stereocenters. The number of rotatable bonds is 1. The summed E-state index contributed by atoms with van der Waals surface area (Å²) in [5, 5.41) is 0. The maximum absolute atomic E-state index is 4.67. The van der Waals surface area contributed by atoms with Crippen LogP contribution in [-0.2, 0) is 0 Å². The minimum absolute atomic E-state index is 0.463. The van der Waals surface area contributed by atoms with E-state index in [1.54, 1.807) is 0 Å². The van der Waals surface area contributed by atoms with Crippen LogP contribution in [0.3, 0.4) is 0 Å². The molecule has 0 aromatic heterocycles. The number of aliphatic imine (C=N–C) groups is 1. The molecule has 1 heteroatoms. The van der Waals surface area contributed by atoms with Crippen LogP contribution in [0.15, 0.2) is 28.8 Å². The monoisotopic (exact) mass is 191 g/mol. The van der Waals surface area contributed by atoms with Crippen molar-refractivity contribution in [1.82, 2.24) is 0 Å². The Kier molecular flexibility index (Phi) is 4.12. The maximum Gasteiger partial charge on any atom is 0.0751 e. The smallest absolute Gasteiger partial charge is 0.0751 e. The summed E-state index contributed by atoms with van der Waals surface area (Å²) < 4.78 is 0. The standard InChI is InChI=1S/C11H15N.C2H6/c1-3-10-7-9-5-4-8(2)6-11(9)12-10;1-2/h4-6,9,11H,3,7H2,1-2H3;1-2H3. The Morgan fingerprint density at radius 3 is 2.79 bits per heavy atom. The van der Waals surface area contributed by atoms with Gasteiger partial charge < -0.3 is 0 Å². The van der Waals surface area contributed by atoms with Gasteiger partial charge in [-0.1, -0.05) is 44.6 Å². The van der Waals surface area contributed by atoms with Crippen LogP contribution in [0.4, 0.5) is 0 Å². The summed E-state index contributed by atoms with van der Waals surface area (Å²) >= 11 is 0. The highest BCUT2D eigenvalue weighted by Crippen LogP contribution is 2.29. The molecule has 0 saturated carbocycles. The van der Waals surface area contributed by atoms with Crippen LogP contribution >= 0.6 is 0 Å². The van der Waals surface area contributed by atoms with Crippen molar-refractivity contribution in [2.45, 2.75) is 46.6 Å². The van der Waals surface area contributed by atoms with Crippen molar-refractivity contribution in [3.63, 3.8) is 0 Å². The molecule has 1 aliphatic carbocycles. The minimum Gasteiger partial charge on any atom is -0.286 e. The van der Waals surface area contributed by atoms with E-state index in [0.29, 0.717) is 12.0 Å². The summed E-state index contributed by atoms with van der Waals surface area (Å²) in [6.07, 6.45) is 9.12. The second-order valence-corrected chi connectivity index (χ2v) is 3.68. The van der Waals surface area contributed by atoms with E-state index in [1.807, 2.05) is 13.8 Å². The molecule has 0 amide bonds. The van der Waals surface area contributed by atoms with Crippen LogP contribution in [0, 0.1) is 5.92 Å². The summed E-state index contributed by atoms with van der Waals surface area (Å²) in [4.78, 5) is 4.67. The fourth-order valence-corrected chi connectivity index (χ4v) is 1.93. The highest BCUT2D eigenvalue weighted by Gasteiger charge is 2.26. The molecule has 0 aromatic rings. The lowest BCUT2D eigenvalue weighted by Crippen LogP contribution is -2.11. The molecular weight excluding hydrogens is 170 g/mol. The van der Waals surface area contributed by atoms with E-state index in [4.69, 9.17) is 0 Å². The quantitative estimate of drug-likeness (QED) is 0.598. The van der Waals surface area contributed by atoms with Crippen molar-refractivity contribution in [2.24, 2.45) is 10.9 Å². The minimum atomic E-state index is 0.463. The Balaban J connectivity index is 0.000000461. The van der Waals surface area contributed by atoms with Gasteiger partial charge >= 0.3 is 0 Å². The average molecular weight is 191 g/mol. The van der Waals surface area contributed by atoms with Crippen LogP contribution in [0.1, 0.15) is 40.5 Å². The van der Waals surface area contributed by atoms with E-state index < -0.39 is 0 Å². The predicted molar refractivity (Wildman–Crippen MR) is 63.9 cm³/mol. The van der Waals surface area contributed by atoms with Crippen molar-refractivity contribution in [1.29, 1.82) is 0 Å². The third-order valence-corrected chi connectivity index (χ3v) is 2.69. The van der Waals surface area contributed by atoms with Gasteiger partial charge in [-0.05, 0) is 19.8 Å². The van der Waals surface area contributed by atoms with Gasteiger partial charge in [-0.15, -0.1) is 0 Å². The fraction of sp³-hybridized carbons (Fsp3) is 0.615. The normalized spacial score (nSPS) is 28.6. The number of fused-ring (bicyclic) bond motifs is 1. The molecule has 2 aliphatic rings. The Morgan fingerprint density at radius 1 is 1.43 bits per heavy atom. The van der Waals surface area contributed by atoms with E-state index in [-0.39, 0.29) is 0 Å². The summed E-state index contributed by atoms with van der Waals surface area (Å²) in [7, 11) is 0. The summed E-state index contributed by atoms with van der Waals surface area (Å²) in [5.74, 6) is 0.670. The topological polar surface area (TPSA) is 12.4 Å². The highest BCUT2D eigenvalue weighted by atomic mass is 14.8. The molecule has 0 fully saturated rings. The largest absolute Gasteiger partial charge is 0.286 e. The van der Waals surface area contributed by atoms with Gasteiger partial charge in [-0.25, -0.2) is 0 Å². The molecule has 1 heterocycles. The lowest BCUT2D eigenvalue weighted by atomic mass is 9.91. The van der Waals surface area contributed by atoms with Gasteiger partial charge in [0.15, 0.2) is 0 Å². The molecule has 2 rings (SSSR count). The highest BCUT2D eigenvalue weighted by molar-refractivity contribution is 5.87. The maximum atomic E-state index is 4.67. The summed E-state index contributed by atoms with van der Waals surface area (Å²) in [6.45, 7) is 8.34. The number of hydrogen-bond acceptors (Lipinski definition) is 1. The zero-order valence-corrected chi connectivity index (χ0v) is 9.75. The van der Waals surface area contributed by atoms with Gasteiger partial charge in [-0.3, -0.25) is 4.99 Å². The number of nitrogens with zero attached hydrogens (tertiary/aromatic N) is 1. The van der Waals surface area contributed by atoms with Crippen LogP contribution in [0.25, 0.3) is 0 Å². The van der Waals surface area contributed by atoms with Crippen molar-refractivity contribution in [3.05, 3.63) is 23.8 Å². The van der Waals surface area contributed by atoms with E-state index >= 15 is 0 Å². The van der Waals surface area contributed by atoms with Gasteiger partial charge in [0.2, 0.25) is 0 Å². The molecule has 0 aromatic carbocycles. The molecule has 1 aliphatic heterocycles. The Labute approximate surface area is 87.6 Å². The molecule has 78 valence electrons. The number of hydrogen-bond donors (Lipinski definition) is 0. The molecule has 2 unspecified atom stereocenters. The molecule has 0 saturated heterocycles. The van der Waals surface area contributed by atoms with Crippen LogP contribution in [0.2, 0.25) is 0 Å². The Hall–Kier alpha value is -0.850. The third-order valence-electron chi connectivity index (χ3n) is 2.69. The van der Waals surface area contributed by atoms with Crippen LogP contribution < -0.4 is 0 Å². The van der Waals surface area contributed by atoms with E-state index in [1.165, 1.54) is 17.7 Å². The first-order valence-corrected chi connectivity index (χ1v) is 5.71. The lowest BCUT2D eigenvalue weighted by Gasteiger charge is -2.14. The molecule has 14 heavy (non-hydrogen) atoms. The zero-order valence-electron chi connectivity index (χ0n) is 9.75. The van der Waals surface area contributed by atoms with E-state index in [2.05, 4.69) is 37.1 Å². The Bertz CT molecular complexity index is 271. The average Bonchev–Trinajstić information content (AvgIpc) is 2.62. The molecule has 0 N–H and O–H groups in total. The molecular formula is C13H21N. The molecule has 1 nitrogen and oxygen atoms in total. The third kappa shape index (κ3) is 2.34. The summed E-state index contributed by atoms with van der Waals surface area (Å²) in [5.41, 5.74) is 2.75. The fourth-order valence-electron chi connectivity index (χ4n) is 1.93. The Morgan fingerprint density at radius 2 is 2.14 bits per heavy atom. The van der Waals surface area contributed by atoms with Crippen LogP contribution in [-0.4, -0.2) is 11.8 Å². The molecule has 0 spiro atoms. The van der Waals surface area contributed by atoms with Gasteiger partial charge in [0.25, 0.3) is 0 Å².